The number of benzene rings is 2. The molecule has 0 heterocycles. The molecule has 2 rings (SSSR count). The summed E-state index contributed by atoms with van der Waals surface area (Å²) in [4.78, 5) is 11.8. The van der Waals surface area contributed by atoms with E-state index in [9.17, 15) is 9.90 Å². The van der Waals surface area contributed by atoms with Crippen LogP contribution in [0, 0.1) is 0 Å². The molecule has 0 fully saturated rings. The van der Waals surface area contributed by atoms with Gasteiger partial charge in [0, 0.05) is 0 Å². The van der Waals surface area contributed by atoms with Gasteiger partial charge in [-0.2, -0.15) is 0 Å². The van der Waals surface area contributed by atoms with Crippen LogP contribution in [0.3, 0.4) is 0 Å². The average Bonchev–Trinajstić information content (AvgIpc) is 2.37. The molecule has 0 saturated heterocycles. The monoisotopic (exact) mass is 244 g/mol. The zero-order valence-electron chi connectivity index (χ0n) is 10.5. The van der Waals surface area contributed by atoms with E-state index in [1.807, 2.05) is 31.2 Å². The van der Waals surface area contributed by atoms with E-state index in [-0.39, 0.29) is 17.6 Å². The molecule has 0 spiro atoms. The largest absolute Gasteiger partial charge is 0.508 e. The highest BCUT2D eigenvalue weighted by Gasteiger charge is 2.18. The molecule has 0 aliphatic rings. The Morgan fingerprint density at radius 3 is 2.83 bits per heavy atom. The van der Waals surface area contributed by atoms with Gasteiger partial charge in [0.1, 0.15) is 5.75 Å². The molecule has 0 bridgehead atoms. The summed E-state index contributed by atoms with van der Waals surface area (Å²) < 4.78 is 5.04. The van der Waals surface area contributed by atoms with Crippen molar-refractivity contribution in [1.82, 2.24) is 0 Å². The average molecular weight is 244 g/mol. The molecule has 0 aliphatic heterocycles. The van der Waals surface area contributed by atoms with Crippen LogP contribution in [0.2, 0.25) is 0 Å². The minimum absolute atomic E-state index is 0.200. The summed E-state index contributed by atoms with van der Waals surface area (Å²) in [7, 11) is 0. The van der Waals surface area contributed by atoms with Crippen molar-refractivity contribution in [2.45, 2.75) is 19.8 Å². The standard InChI is InChI=1S/C15H16O3/c1-3-18-15(17)10(2)13-6-4-5-11-7-8-12(16)9-14(11)13/h4-10,16H,3H2,1-2H3/t10-/m1/s1. The number of fused-ring (bicyclic) bond motifs is 1. The Bertz CT molecular complexity index is 575. The van der Waals surface area contributed by atoms with Gasteiger partial charge in [-0.05, 0) is 42.3 Å². The molecule has 0 aromatic heterocycles. The van der Waals surface area contributed by atoms with E-state index in [2.05, 4.69) is 0 Å². The van der Waals surface area contributed by atoms with Gasteiger partial charge >= 0.3 is 5.97 Å². The van der Waals surface area contributed by atoms with Crippen LogP contribution >= 0.6 is 0 Å². The molecular formula is C15H16O3. The smallest absolute Gasteiger partial charge is 0.313 e. The van der Waals surface area contributed by atoms with Crippen molar-refractivity contribution < 1.29 is 14.6 Å². The molecule has 1 N–H and O–H groups in total. The van der Waals surface area contributed by atoms with E-state index >= 15 is 0 Å². The van der Waals surface area contributed by atoms with Gasteiger partial charge in [0.15, 0.2) is 0 Å². The number of rotatable bonds is 3. The summed E-state index contributed by atoms with van der Waals surface area (Å²) in [6, 6.07) is 10.9. The van der Waals surface area contributed by atoms with Gasteiger partial charge in [0.2, 0.25) is 0 Å². The number of esters is 1. The van der Waals surface area contributed by atoms with E-state index in [4.69, 9.17) is 4.74 Å². The third-order valence-corrected chi connectivity index (χ3v) is 3.01. The van der Waals surface area contributed by atoms with Gasteiger partial charge in [0.05, 0.1) is 12.5 Å². The first kappa shape index (κ1) is 12.4. The number of hydrogen-bond acceptors (Lipinski definition) is 3. The lowest BCUT2D eigenvalue weighted by Gasteiger charge is -2.13. The highest BCUT2D eigenvalue weighted by Crippen LogP contribution is 2.29. The van der Waals surface area contributed by atoms with Crippen molar-refractivity contribution in [3.05, 3.63) is 42.0 Å². The second-order valence-corrected chi connectivity index (χ2v) is 4.23. The van der Waals surface area contributed by atoms with Crippen molar-refractivity contribution >= 4 is 16.7 Å². The van der Waals surface area contributed by atoms with Crippen LogP contribution in [-0.2, 0) is 9.53 Å². The van der Waals surface area contributed by atoms with Gasteiger partial charge < -0.3 is 9.84 Å². The fraction of sp³-hybridized carbons (Fsp3) is 0.267. The highest BCUT2D eigenvalue weighted by molar-refractivity contribution is 5.91. The normalized spacial score (nSPS) is 12.3. The van der Waals surface area contributed by atoms with Crippen LogP contribution in [-0.4, -0.2) is 17.7 Å². The quantitative estimate of drug-likeness (QED) is 0.843. The fourth-order valence-corrected chi connectivity index (χ4v) is 2.06. The highest BCUT2D eigenvalue weighted by atomic mass is 16.5. The van der Waals surface area contributed by atoms with Crippen molar-refractivity contribution in [3.8, 4) is 5.75 Å². The van der Waals surface area contributed by atoms with Crippen LogP contribution < -0.4 is 0 Å². The number of phenols is 1. The van der Waals surface area contributed by atoms with E-state index in [1.165, 1.54) is 0 Å². The van der Waals surface area contributed by atoms with Crippen LogP contribution in [0.15, 0.2) is 36.4 Å². The summed E-state index contributed by atoms with van der Waals surface area (Å²) in [6.07, 6.45) is 0. The molecule has 0 unspecified atom stereocenters. The molecule has 18 heavy (non-hydrogen) atoms. The number of hydrogen-bond donors (Lipinski definition) is 1. The van der Waals surface area contributed by atoms with E-state index in [0.29, 0.717) is 6.61 Å². The summed E-state index contributed by atoms with van der Waals surface area (Å²) in [6.45, 7) is 3.98. The van der Waals surface area contributed by atoms with Crippen LogP contribution in [0.25, 0.3) is 10.8 Å². The predicted molar refractivity (Wildman–Crippen MR) is 70.7 cm³/mol. The molecule has 3 nitrogen and oxygen atoms in total. The topological polar surface area (TPSA) is 46.5 Å². The van der Waals surface area contributed by atoms with Crippen molar-refractivity contribution in [3.63, 3.8) is 0 Å². The Kier molecular flexibility index (Phi) is 3.51. The number of aromatic hydroxyl groups is 1. The summed E-state index contributed by atoms with van der Waals surface area (Å²) in [5.41, 5.74) is 0.877. The van der Waals surface area contributed by atoms with Gasteiger partial charge in [-0.1, -0.05) is 24.3 Å². The Morgan fingerprint density at radius 2 is 2.11 bits per heavy atom. The van der Waals surface area contributed by atoms with Gasteiger partial charge in [0.25, 0.3) is 0 Å². The fourth-order valence-electron chi connectivity index (χ4n) is 2.06. The van der Waals surface area contributed by atoms with Crippen molar-refractivity contribution in [2.24, 2.45) is 0 Å². The molecular weight excluding hydrogens is 228 g/mol. The molecule has 94 valence electrons. The number of carbonyl (C=O) groups excluding carboxylic acids is 1. The molecule has 0 saturated carbocycles. The SMILES string of the molecule is CCOC(=O)[C@H](C)c1cccc2ccc(O)cc12. The summed E-state index contributed by atoms with van der Waals surface area (Å²) in [5.74, 6) is -0.380. The summed E-state index contributed by atoms with van der Waals surface area (Å²) >= 11 is 0. The molecule has 0 aliphatic carbocycles. The van der Waals surface area contributed by atoms with E-state index in [0.717, 1.165) is 16.3 Å². The second kappa shape index (κ2) is 5.08. The zero-order chi connectivity index (χ0) is 13.1. The lowest BCUT2D eigenvalue weighted by atomic mass is 9.95. The Labute approximate surface area is 106 Å². The third-order valence-electron chi connectivity index (χ3n) is 3.01. The zero-order valence-corrected chi connectivity index (χ0v) is 10.5. The van der Waals surface area contributed by atoms with Crippen molar-refractivity contribution in [1.29, 1.82) is 0 Å². The van der Waals surface area contributed by atoms with Gasteiger partial charge in [-0.15, -0.1) is 0 Å². The van der Waals surface area contributed by atoms with Gasteiger partial charge in [-0.3, -0.25) is 4.79 Å². The maximum Gasteiger partial charge on any atom is 0.313 e. The lowest BCUT2D eigenvalue weighted by Crippen LogP contribution is -2.13. The van der Waals surface area contributed by atoms with Gasteiger partial charge in [-0.25, -0.2) is 0 Å². The predicted octanol–water partition coefficient (Wildman–Crippen LogP) is 3.21. The van der Waals surface area contributed by atoms with Crippen LogP contribution in [0.5, 0.6) is 5.75 Å². The first-order chi connectivity index (χ1) is 8.63. The Morgan fingerprint density at radius 1 is 1.33 bits per heavy atom. The number of ether oxygens (including phenoxy) is 1. The molecule has 3 heteroatoms. The second-order valence-electron chi connectivity index (χ2n) is 4.23. The molecule has 0 radical (unpaired) electrons. The first-order valence-electron chi connectivity index (χ1n) is 6.01. The Balaban J connectivity index is 2.50. The maximum absolute atomic E-state index is 11.8. The van der Waals surface area contributed by atoms with Crippen molar-refractivity contribution in [2.75, 3.05) is 6.61 Å². The molecule has 1 atom stereocenters. The van der Waals surface area contributed by atoms with E-state index < -0.39 is 0 Å². The minimum Gasteiger partial charge on any atom is -0.508 e. The lowest BCUT2D eigenvalue weighted by molar-refractivity contribution is -0.144. The van der Waals surface area contributed by atoms with E-state index in [1.54, 1.807) is 19.1 Å². The molecule has 2 aromatic carbocycles. The first-order valence-corrected chi connectivity index (χ1v) is 6.01. The third kappa shape index (κ3) is 2.30. The summed E-state index contributed by atoms with van der Waals surface area (Å²) in [5, 5.41) is 11.5. The molecule has 0 amide bonds. The van der Waals surface area contributed by atoms with Crippen LogP contribution in [0.4, 0.5) is 0 Å². The van der Waals surface area contributed by atoms with Crippen LogP contribution in [0.1, 0.15) is 25.3 Å². The minimum atomic E-state index is -0.338. The number of phenolic OH excluding ortho intramolecular Hbond substituents is 1. The number of carbonyl (C=O) groups is 1. The Hall–Kier alpha value is -2.03. The maximum atomic E-state index is 11.8. The molecule has 2 aromatic rings.